The average molecular weight is 276 g/mol. The van der Waals surface area contributed by atoms with Crippen LogP contribution in [0.5, 0.6) is 0 Å². The highest BCUT2D eigenvalue weighted by molar-refractivity contribution is 5.47. The molecule has 0 radical (unpaired) electrons. The largest absolute Gasteiger partial charge is 0.374 e. The maximum absolute atomic E-state index is 5.35. The molecule has 2 aromatic heterocycles. The number of aryl methyl sites for hydroxylation is 1. The fourth-order valence-corrected chi connectivity index (χ4v) is 1.73. The van der Waals surface area contributed by atoms with Crippen LogP contribution in [0.15, 0.2) is 18.5 Å². The molecule has 0 fully saturated rings. The number of aromatic nitrogens is 4. The van der Waals surface area contributed by atoms with E-state index < -0.39 is 0 Å². The summed E-state index contributed by atoms with van der Waals surface area (Å²) in [4.78, 5) is 8.77. The lowest BCUT2D eigenvalue weighted by Gasteiger charge is -2.09. The van der Waals surface area contributed by atoms with Gasteiger partial charge in [-0.2, -0.15) is 5.10 Å². The molecule has 20 heavy (non-hydrogen) atoms. The second kappa shape index (κ2) is 6.85. The van der Waals surface area contributed by atoms with Gasteiger partial charge in [0.25, 0.3) is 0 Å². The Kier molecular flexibility index (Phi) is 4.89. The quantitative estimate of drug-likeness (QED) is 0.796. The maximum Gasteiger partial charge on any atom is 0.158 e. The normalized spacial score (nSPS) is 10.6. The summed E-state index contributed by atoms with van der Waals surface area (Å²) in [5.41, 5.74) is 1.10. The Hall–Kier alpha value is -2.15. The highest BCUT2D eigenvalue weighted by atomic mass is 16.5. The van der Waals surface area contributed by atoms with Crippen molar-refractivity contribution in [3.63, 3.8) is 0 Å². The van der Waals surface area contributed by atoms with Crippen molar-refractivity contribution in [3.8, 4) is 0 Å². The van der Waals surface area contributed by atoms with Crippen molar-refractivity contribution in [3.05, 3.63) is 29.8 Å². The number of nitrogens with one attached hydrogen (secondary N) is 2. The molecule has 2 heterocycles. The van der Waals surface area contributed by atoms with Gasteiger partial charge in [-0.3, -0.25) is 4.68 Å². The molecule has 0 amide bonds. The predicted molar refractivity (Wildman–Crippen MR) is 77.4 cm³/mol. The van der Waals surface area contributed by atoms with Crippen LogP contribution >= 0.6 is 0 Å². The molecular formula is C13H20N6O. The van der Waals surface area contributed by atoms with E-state index in [0.29, 0.717) is 25.6 Å². The van der Waals surface area contributed by atoms with Crippen molar-refractivity contribution in [1.29, 1.82) is 0 Å². The Morgan fingerprint density at radius 2 is 2.10 bits per heavy atom. The topological polar surface area (TPSA) is 76.9 Å². The van der Waals surface area contributed by atoms with Gasteiger partial charge in [0, 0.05) is 45.1 Å². The summed E-state index contributed by atoms with van der Waals surface area (Å²) in [7, 11) is 3.73. The van der Waals surface area contributed by atoms with Crippen LogP contribution in [0.3, 0.4) is 0 Å². The smallest absolute Gasteiger partial charge is 0.158 e. The Labute approximate surface area is 118 Å². The molecule has 7 heteroatoms. The molecule has 0 saturated heterocycles. The SMILES string of the molecule is CCOCc1nc(NC)cc(NCc2cnn(C)c2)n1. The van der Waals surface area contributed by atoms with Gasteiger partial charge in [-0.1, -0.05) is 0 Å². The van der Waals surface area contributed by atoms with E-state index in [1.807, 2.05) is 39.5 Å². The zero-order valence-corrected chi connectivity index (χ0v) is 12.1. The summed E-state index contributed by atoms with van der Waals surface area (Å²) in [6.45, 7) is 3.67. The van der Waals surface area contributed by atoms with Crippen molar-refractivity contribution in [1.82, 2.24) is 19.7 Å². The molecule has 0 atom stereocenters. The maximum atomic E-state index is 5.35. The molecule has 2 rings (SSSR count). The third-order valence-electron chi connectivity index (χ3n) is 2.70. The second-order valence-electron chi connectivity index (χ2n) is 4.32. The van der Waals surface area contributed by atoms with Crippen LogP contribution in [0.2, 0.25) is 0 Å². The number of anilines is 2. The van der Waals surface area contributed by atoms with Crippen molar-refractivity contribution >= 4 is 11.6 Å². The molecule has 2 aromatic rings. The van der Waals surface area contributed by atoms with E-state index >= 15 is 0 Å². The summed E-state index contributed by atoms with van der Waals surface area (Å²) in [5.74, 6) is 2.19. The average Bonchev–Trinajstić information content (AvgIpc) is 2.88. The number of hydrogen-bond acceptors (Lipinski definition) is 6. The lowest BCUT2D eigenvalue weighted by atomic mass is 10.3. The third kappa shape index (κ3) is 3.92. The standard InChI is InChI=1S/C13H20N6O/c1-4-20-9-13-17-11(14-2)5-12(18-13)15-6-10-7-16-19(3)8-10/h5,7-8H,4,6,9H2,1-3H3,(H2,14,15,17,18). The van der Waals surface area contributed by atoms with Gasteiger partial charge in [0.1, 0.15) is 18.2 Å². The van der Waals surface area contributed by atoms with E-state index in [9.17, 15) is 0 Å². The molecule has 0 saturated carbocycles. The Morgan fingerprint density at radius 3 is 2.75 bits per heavy atom. The molecule has 0 aliphatic rings. The first-order valence-corrected chi connectivity index (χ1v) is 6.56. The van der Waals surface area contributed by atoms with E-state index in [4.69, 9.17) is 4.74 Å². The van der Waals surface area contributed by atoms with Crippen LogP contribution < -0.4 is 10.6 Å². The van der Waals surface area contributed by atoms with Gasteiger partial charge >= 0.3 is 0 Å². The van der Waals surface area contributed by atoms with Gasteiger partial charge in [0.05, 0.1) is 6.20 Å². The predicted octanol–water partition coefficient (Wildman–Crippen LogP) is 1.40. The zero-order valence-electron chi connectivity index (χ0n) is 12.1. The van der Waals surface area contributed by atoms with Gasteiger partial charge in [-0.05, 0) is 6.92 Å². The van der Waals surface area contributed by atoms with Crippen molar-refractivity contribution in [2.45, 2.75) is 20.1 Å². The Bertz CT molecular complexity index is 554. The van der Waals surface area contributed by atoms with E-state index in [1.54, 1.807) is 4.68 Å². The van der Waals surface area contributed by atoms with Crippen LogP contribution in [0.4, 0.5) is 11.6 Å². The van der Waals surface area contributed by atoms with Gasteiger partial charge < -0.3 is 15.4 Å². The summed E-state index contributed by atoms with van der Waals surface area (Å²) in [6.07, 6.45) is 3.79. The molecule has 0 aliphatic carbocycles. The summed E-state index contributed by atoms with van der Waals surface area (Å²) < 4.78 is 7.12. The monoisotopic (exact) mass is 276 g/mol. The molecule has 0 unspecified atom stereocenters. The van der Waals surface area contributed by atoms with Crippen molar-refractivity contribution in [2.24, 2.45) is 7.05 Å². The molecule has 7 nitrogen and oxygen atoms in total. The minimum Gasteiger partial charge on any atom is -0.374 e. The molecule has 0 bridgehead atoms. The van der Waals surface area contributed by atoms with Gasteiger partial charge in [0.2, 0.25) is 0 Å². The molecule has 2 N–H and O–H groups in total. The third-order valence-corrected chi connectivity index (χ3v) is 2.70. The molecule has 0 aromatic carbocycles. The van der Waals surface area contributed by atoms with Gasteiger partial charge in [-0.15, -0.1) is 0 Å². The fraction of sp³-hybridized carbons (Fsp3) is 0.462. The minimum absolute atomic E-state index is 0.410. The van der Waals surface area contributed by atoms with Gasteiger partial charge in [0.15, 0.2) is 5.82 Å². The summed E-state index contributed by atoms with van der Waals surface area (Å²) in [5, 5.41) is 10.4. The van der Waals surface area contributed by atoms with Crippen molar-refractivity contribution < 1.29 is 4.74 Å². The van der Waals surface area contributed by atoms with Crippen LogP contribution in [0.1, 0.15) is 18.3 Å². The summed E-state index contributed by atoms with van der Waals surface area (Å²) in [6, 6.07) is 1.87. The van der Waals surface area contributed by atoms with Crippen LogP contribution in [0, 0.1) is 0 Å². The zero-order chi connectivity index (χ0) is 14.4. The number of ether oxygens (including phenoxy) is 1. The summed E-state index contributed by atoms with van der Waals surface area (Å²) >= 11 is 0. The van der Waals surface area contributed by atoms with Crippen LogP contribution in [-0.2, 0) is 24.9 Å². The molecule has 0 aliphatic heterocycles. The lowest BCUT2D eigenvalue weighted by molar-refractivity contribution is 0.128. The highest BCUT2D eigenvalue weighted by Crippen LogP contribution is 2.12. The first-order chi connectivity index (χ1) is 9.71. The highest BCUT2D eigenvalue weighted by Gasteiger charge is 2.04. The van der Waals surface area contributed by atoms with E-state index in [-0.39, 0.29) is 0 Å². The lowest BCUT2D eigenvalue weighted by Crippen LogP contribution is -2.07. The Morgan fingerprint density at radius 1 is 1.30 bits per heavy atom. The molecule has 108 valence electrons. The van der Waals surface area contributed by atoms with E-state index in [0.717, 1.165) is 17.2 Å². The van der Waals surface area contributed by atoms with Crippen molar-refractivity contribution in [2.75, 3.05) is 24.3 Å². The first-order valence-electron chi connectivity index (χ1n) is 6.56. The Balaban J connectivity index is 2.05. The number of nitrogens with zero attached hydrogens (tertiary/aromatic N) is 4. The first kappa shape index (κ1) is 14.3. The molecular weight excluding hydrogens is 256 g/mol. The molecule has 0 spiro atoms. The van der Waals surface area contributed by atoms with E-state index in [2.05, 4.69) is 25.7 Å². The van der Waals surface area contributed by atoms with E-state index in [1.165, 1.54) is 0 Å². The second-order valence-corrected chi connectivity index (χ2v) is 4.32. The van der Waals surface area contributed by atoms with Crippen LogP contribution in [0.25, 0.3) is 0 Å². The fourth-order valence-electron chi connectivity index (χ4n) is 1.73. The number of rotatable bonds is 7. The number of hydrogen-bond donors (Lipinski definition) is 2. The minimum atomic E-state index is 0.410. The van der Waals surface area contributed by atoms with Crippen LogP contribution in [-0.4, -0.2) is 33.4 Å². The van der Waals surface area contributed by atoms with Gasteiger partial charge in [-0.25, -0.2) is 9.97 Å².